The summed E-state index contributed by atoms with van der Waals surface area (Å²) in [5, 5.41) is 5.09. The van der Waals surface area contributed by atoms with Crippen LogP contribution in [0.15, 0.2) is 0 Å². The summed E-state index contributed by atoms with van der Waals surface area (Å²) in [6, 6.07) is -0.329. The fourth-order valence-electron chi connectivity index (χ4n) is 3.87. The lowest BCUT2D eigenvalue weighted by Gasteiger charge is -2.34. The van der Waals surface area contributed by atoms with Crippen molar-refractivity contribution in [2.75, 3.05) is 0 Å². The van der Waals surface area contributed by atoms with Crippen LogP contribution in [-0.4, -0.2) is 23.3 Å². The number of ketones is 1. The maximum atomic E-state index is 11.6. The van der Waals surface area contributed by atoms with Gasteiger partial charge < -0.3 is 5.32 Å². The molecule has 5 heteroatoms. The summed E-state index contributed by atoms with van der Waals surface area (Å²) in [6.45, 7) is 4.39. The second-order valence-corrected chi connectivity index (χ2v) is 7.23. The highest BCUT2D eigenvalue weighted by molar-refractivity contribution is 6.07. The monoisotopic (exact) mass is 322 g/mol. The van der Waals surface area contributed by atoms with Crippen molar-refractivity contribution in [1.29, 1.82) is 0 Å². The molecule has 3 amide bonds. The minimum Gasteiger partial charge on any atom is -0.323 e. The Morgan fingerprint density at radius 1 is 0.913 bits per heavy atom. The van der Waals surface area contributed by atoms with Gasteiger partial charge in [0.2, 0.25) is 0 Å². The SMILES string of the molecule is CCC1CCC(=O)CC1.CCC1CCC2(CC1)NC(=O)NC2=O. The van der Waals surface area contributed by atoms with Gasteiger partial charge in [0, 0.05) is 12.8 Å². The van der Waals surface area contributed by atoms with Crippen LogP contribution in [0.1, 0.15) is 78.1 Å². The lowest BCUT2D eigenvalue weighted by atomic mass is 9.76. The first-order valence-electron chi connectivity index (χ1n) is 9.14. The number of carbonyl (C=O) groups is 3. The van der Waals surface area contributed by atoms with E-state index in [-0.39, 0.29) is 11.9 Å². The molecular formula is C18H30N2O3. The van der Waals surface area contributed by atoms with Crippen LogP contribution in [-0.2, 0) is 9.59 Å². The topological polar surface area (TPSA) is 75.3 Å². The molecule has 0 atom stereocenters. The molecule has 3 fully saturated rings. The second-order valence-electron chi connectivity index (χ2n) is 7.23. The third-order valence-electron chi connectivity index (χ3n) is 5.79. The number of hydrogen-bond donors (Lipinski definition) is 2. The van der Waals surface area contributed by atoms with Gasteiger partial charge in [0.25, 0.3) is 5.91 Å². The van der Waals surface area contributed by atoms with Crippen molar-refractivity contribution in [3.63, 3.8) is 0 Å². The first-order valence-corrected chi connectivity index (χ1v) is 9.14. The molecule has 0 aromatic rings. The zero-order valence-corrected chi connectivity index (χ0v) is 14.5. The van der Waals surface area contributed by atoms with E-state index < -0.39 is 5.54 Å². The highest BCUT2D eigenvalue weighted by atomic mass is 16.2. The molecule has 0 aromatic heterocycles. The predicted molar refractivity (Wildman–Crippen MR) is 88.9 cm³/mol. The van der Waals surface area contributed by atoms with Crippen LogP contribution < -0.4 is 10.6 Å². The van der Waals surface area contributed by atoms with E-state index in [0.29, 0.717) is 5.78 Å². The van der Waals surface area contributed by atoms with Crippen molar-refractivity contribution >= 4 is 17.7 Å². The molecule has 0 aromatic carbocycles. The molecule has 0 unspecified atom stereocenters. The van der Waals surface area contributed by atoms with Crippen LogP contribution in [0.3, 0.4) is 0 Å². The van der Waals surface area contributed by atoms with Gasteiger partial charge in [-0.05, 0) is 50.4 Å². The summed E-state index contributed by atoms with van der Waals surface area (Å²) < 4.78 is 0. The van der Waals surface area contributed by atoms with E-state index in [1.165, 1.54) is 12.8 Å². The van der Waals surface area contributed by atoms with Crippen LogP contribution in [0.4, 0.5) is 4.79 Å². The Kier molecular flexibility index (Phi) is 6.19. The van der Waals surface area contributed by atoms with Crippen molar-refractivity contribution in [3.8, 4) is 0 Å². The fourth-order valence-corrected chi connectivity index (χ4v) is 3.87. The van der Waals surface area contributed by atoms with Gasteiger partial charge in [-0.3, -0.25) is 14.9 Å². The number of carbonyl (C=O) groups excluding carboxylic acids is 3. The molecule has 23 heavy (non-hydrogen) atoms. The van der Waals surface area contributed by atoms with Crippen LogP contribution in [0, 0.1) is 11.8 Å². The highest BCUT2D eigenvalue weighted by Crippen LogP contribution is 2.35. The van der Waals surface area contributed by atoms with E-state index in [1.54, 1.807) is 0 Å². The summed E-state index contributed by atoms with van der Waals surface area (Å²) in [5.41, 5.74) is -0.567. The molecule has 1 aliphatic heterocycles. The average molecular weight is 322 g/mol. The van der Waals surface area contributed by atoms with E-state index in [4.69, 9.17) is 0 Å². The van der Waals surface area contributed by atoms with Crippen molar-refractivity contribution in [3.05, 3.63) is 0 Å². The quantitative estimate of drug-likeness (QED) is 0.766. The smallest absolute Gasteiger partial charge is 0.322 e. The maximum absolute atomic E-state index is 11.6. The average Bonchev–Trinajstić information content (AvgIpc) is 2.83. The Bertz CT molecular complexity index is 443. The van der Waals surface area contributed by atoms with E-state index in [9.17, 15) is 14.4 Å². The Morgan fingerprint density at radius 3 is 1.87 bits per heavy atom. The minimum atomic E-state index is -0.567. The van der Waals surface area contributed by atoms with Crippen LogP contribution in [0.5, 0.6) is 0 Å². The van der Waals surface area contributed by atoms with Gasteiger partial charge >= 0.3 is 6.03 Å². The number of rotatable bonds is 2. The van der Waals surface area contributed by atoms with E-state index >= 15 is 0 Å². The Hall–Kier alpha value is -1.39. The summed E-state index contributed by atoms with van der Waals surface area (Å²) in [6.07, 6.45) is 10.1. The molecule has 130 valence electrons. The molecule has 3 aliphatic rings. The molecule has 1 heterocycles. The number of imide groups is 1. The molecular weight excluding hydrogens is 292 g/mol. The number of nitrogens with one attached hydrogen (secondary N) is 2. The van der Waals surface area contributed by atoms with Crippen molar-refractivity contribution in [2.45, 2.75) is 83.6 Å². The van der Waals surface area contributed by atoms with Gasteiger partial charge in [-0.1, -0.05) is 26.7 Å². The fraction of sp³-hybridized carbons (Fsp3) is 0.833. The lowest BCUT2D eigenvalue weighted by Crippen LogP contribution is -2.49. The Balaban J connectivity index is 0.000000185. The third-order valence-corrected chi connectivity index (χ3v) is 5.79. The molecule has 0 radical (unpaired) electrons. The van der Waals surface area contributed by atoms with Crippen molar-refractivity contribution in [1.82, 2.24) is 10.6 Å². The standard InChI is InChI=1S/C10H16N2O2.C8H14O/c1-2-7-3-5-10(6-4-7)8(13)11-9(14)12-10;1-2-7-3-5-8(9)6-4-7/h7H,2-6H2,1H3,(H2,11,12,13,14);7H,2-6H2,1H3. The zero-order chi connectivity index (χ0) is 16.9. The van der Waals surface area contributed by atoms with Gasteiger partial charge in [-0.15, -0.1) is 0 Å². The molecule has 2 aliphatic carbocycles. The largest absolute Gasteiger partial charge is 0.323 e. The first kappa shape index (κ1) is 18.0. The van der Waals surface area contributed by atoms with Crippen LogP contribution in [0.2, 0.25) is 0 Å². The molecule has 1 spiro atoms. The summed E-state index contributed by atoms with van der Waals surface area (Å²) in [7, 11) is 0. The summed E-state index contributed by atoms with van der Waals surface area (Å²) in [5.74, 6) is 1.92. The Morgan fingerprint density at radius 2 is 1.43 bits per heavy atom. The zero-order valence-electron chi connectivity index (χ0n) is 14.5. The molecule has 0 bridgehead atoms. The first-order chi connectivity index (χ1) is 11.0. The van der Waals surface area contributed by atoms with Gasteiger partial charge in [0.15, 0.2) is 0 Å². The molecule has 2 N–H and O–H groups in total. The van der Waals surface area contributed by atoms with E-state index in [1.807, 2.05) is 0 Å². The highest BCUT2D eigenvalue weighted by Gasteiger charge is 2.47. The van der Waals surface area contributed by atoms with E-state index in [0.717, 1.165) is 63.2 Å². The van der Waals surface area contributed by atoms with Gasteiger partial charge in [0.05, 0.1) is 0 Å². The minimum absolute atomic E-state index is 0.128. The maximum Gasteiger partial charge on any atom is 0.322 e. The summed E-state index contributed by atoms with van der Waals surface area (Å²) in [4.78, 5) is 33.3. The summed E-state index contributed by atoms with van der Waals surface area (Å²) >= 11 is 0. The van der Waals surface area contributed by atoms with Crippen LogP contribution in [0.25, 0.3) is 0 Å². The predicted octanol–water partition coefficient (Wildman–Crippen LogP) is 3.32. The molecule has 3 rings (SSSR count). The number of amides is 3. The molecule has 5 nitrogen and oxygen atoms in total. The second kappa shape index (κ2) is 7.93. The van der Waals surface area contributed by atoms with Gasteiger partial charge in [-0.25, -0.2) is 4.79 Å². The van der Waals surface area contributed by atoms with E-state index in [2.05, 4.69) is 24.5 Å². The normalized spacial score (nSPS) is 31.4. The third kappa shape index (κ3) is 4.55. The lowest BCUT2D eigenvalue weighted by molar-refractivity contribution is -0.125. The number of urea groups is 1. The Labute approximate surface area is 139 Å². The van der Waals surface area contributed by atoms with Gasteiger partial charge in [-0.2, -0.15) is 0 Å². The van der Waals surface area contributed by atoms with Crippen molar-refractivity contribution < 1.29 is 14.4 Å². The molecule has 2 saturated carbocycles. The van der Waals surface area contributed by atoms with Crippen LogP contribution >= 0.6 is 0 Å². The van der Waals surface area contributed by atoms with Crippen molar-refractivity contribution in [2.24, 2.45) is 11.8 Å². The number of Topliss-reactive ketones (excluding diaryl/α,β-unsaturated/α-hetero) is 1. The van der Waals surface area contributed by atoms with Gasteiger partial charge in [0.1, 0.15) is 11.3 Å². The number of hydrogen-bond acceptors (Lipinski definition) is 3. The molecule has 1 saturated heterocycles.